The van der Waals surface area contributed by atoms with E-state index >= 15 is 0 Å². The predicted octanol–water partition coefficient (Wildman–Crippen LogP) is 0.763. The summed E-state index contributed by atoms with van der Waals surface area (Å²) < 4.78 is 8.84. The maximum Gasteiger partial charge on any atom is 0.273 e. The van der Waals surface area contributed by atoms with Gasteiger partial charge in [-0.1, -0.05) is 35.5 Å². The van der Waals surface area contributed by atoms with Gasteiger partial charge in [-0.2, -0.15) is 5.10 Å². The van der Waals surface area contributed by atoms with E-state index in [1.165, 1.54) is 6.33 Å². The van der Waals surface area contributed by atoms with Crippen LogP contribution < -0.4 is 5.32 Å². The number of hydrogen-bond acceptors (Lipinski definition) is 7. The van der Waals surface area contributed by atoms with Crippen LogP contribution in [-0.4, -0.2) is 73.4 Å². The smallest absolute Gasteiger partial charge is 0.273 e. The van der Waals surface area contributed by atoms with Gasteiger partial charge in [-0.3, -0.25) is 19.1 Å². The highest BCUT2D eigenvalue weighted by Crippen LogP contribution is 2.18. The molecule has 1 unspecified atom stereocenters. The van der Waals surface area contributed by atoms with Crippen LogP contribution in [0.15, 0.2) is 49.2 Å². The van der Waals surface area contributed by atoms with Gasteiger partial charge in [-0.15, -0.1) is 5.10 Å². The number of hydrogen-bond donors (Lipinski definition) is 1. The fourth-order valence-electron chi connectivity index (χ4n) is 3.43. The molecule has 1 atom stereocenters. The van der Waals surface area contributed by atoms with Crippen LogP contribution in [0.5, 0.6) is 0 Å². The Labute approximate surface area is 174 Å². The predicted molar refractivity (Wildman–Crippen MR) is 109 cm³/mol. The lowest BCUT2D eigenvalue weighted by Crippen LogP contribution is -2.38. The van der Waals surface area contributed by atoms with Crippen LogP contribution in [0.1, 0.15) is 28.5 Å². The van der Waals surface area contributed by atoms with Crippen molar-refractivity contribution < 1.29 is 9.53 Å². The molecule has 2 aromatic heterocycles. The van der Waals surface area contributed by atoms with Gasteiger partial charge in [-0.25, -0.2) is 4.98 Å². The summed E-state index contributed by atoms with van der Waals surface area (Å²) in [5.74, 6) is -0.236. The van der Waals surface area contributed by atoms with Crippen LogP contribution in [-0.2, 0) is 17.8 Å². The molecule has 1 amide bonds. The molecule has 0 saturated carbocycles. The molecule has 158 valence electrons. The Morgan fingerprint density at radius 2 is 1.93 bits per heavy atom. The SMILES string of the molecule is O=C(NC(CCn1cncn1)c1ccccc1)c1cn(CCN2CCOCC2)nn1. The summed E-state index contributed by atoms with van der Waals surface area (Å²) in [5.41, 5.74) is 1.35. The Bertz CT molecular complexity index is 906. The maximum absolute atomic E-state index is 12.8. The molecule has 0 spiro atoms. The van der Waals surface area contributed by atoms with Crippen molar-refractivity contribution in [2.24, 2.45) is 0 Å². The zero-order chi connectivity index (χ0) is 20.6. The van der Waals surface area contributed by atoms with E-state index in [0.717, 1.165) is 38.4 Å². The molecule has 0 radical (unpaired) electrons. The first-order valence-electron chi connectivity index (χ1n) is 10.2. The standard InChI is InChI=1S/C20H26N8O2/c29-20(19-14-27(25-24-19)9-8-26-10-12-30-13-11-26)23-18(17-4-2-1-3-5-17)6-7-28-16-21-15-22-28/h1-5,14-16,18H,6-13H2,(H,23,29). The number of nitrogens with one attached hydrogen (secondary N) is 1. The Morgan fingerprint density at radius 3 is 2.70 bits per heavy atom. The lowest BCUT2D eigenvalue weighted by molar-refractivity contribution is 0.0359. The van der Waals surface area contributed by atoms with Crippen molar-refractivity contribution >= 4 is 5.91 Å². The normalized spacial score (nSPS) is 15.7. The summed E-state index contributed by atoms with van der Waals surface area (Å²) in [4.78, 5) is 19.1. The summed E-state index contributed by atoms with van der Waals surface area (Å²) >= 11 is 0. The monoisotopic (exact) mass is 410 g/mol. The van der Waals surface area contributed by atoms with Gasteiger partial charge in [0.1, 0.15) is 12.7 Å². The third kappa shape index (κ3) is 5.49. The molecule has 0 aliphatic carbocycles. The number of amides is 1. The molecule has 1 N–H and O–H groups in total. The van der Waals surface area contributed by atoms with Crippen molar-refractivity contribution in [3.63, 3.8) is 0 Å². The second-order valence-electron chi connectivity index (χ2n) is 7.20. The van der Waals surface area contributed by atoms with Gasteiger partial charge in [0.2, 0.25) is 0 Å². The van der Waals surface area contributed by atoms with Crippen LogP contribution in [0.4, 0.5) is 0 Å². The molecule has 1 fully saturated rings. The van der Waals surface area contributed by atoms with Crippen molar-refractivity contribution in [3.8, 4) is 0 Å². The van der Waals surface area contributed by atoms with Crippen molar-refractivity contribution in [1.82, 2.24) is 40.0 Å². The fourth-order valence-corrected chi connectivity index (χ4v) is 3.43. The van der Waals surface area contributed by atoms with Crippen LogP contribution >= 0.6 is 0 Å². The van der Waals surface area contributed by atoms with E-state index in [2.05, 4.69) is 30.6 Å². The summed E-state index contributed by atoms with van der Waals surface area (Å²) in [6, 6.07) is 9.73. The first-order valence-corrected chi connectivity index (χ1v) is 10.2. The van der Waals surface area contributed by atoms with E-state index in [9.17, 15) is 4.79 Å². The molecule has 1 saturated heterocycles. The number of morpholine rings is 1. The van der Waals surface area contributed by atoms with Crippen LogP contribution in [0.2, 0.25) is 0 Å². The Balaban J connectivity index is 1.36. The van der Waals surface area contributed by atoms with Crippen molar-refractivity contribution in [3.05, 3.63) is 60.4 Å². The number of rotatable bonds is 9. The van der Waals surface area contributed by atoms with Crippen molar-refractivity contribution in [1.29, 1.82) is 0 Å². The van der Waals surface area contributed by atoms with Gasteiger partial charge in [0.25, 0.3) is 5.91 Å². The Hall–Kier alpha value is -3.11. The zero-order valence-electron chi connectivity index (χ0n) is 16.8. The highest BCUT2D eigenvalue weighted by Gasteiger charge is 2.19. The average molecular weight is 410 g/mol. The van der Waals surface area contributed by atoms with Gasteiger partial charge in [0.15, 0.2) is 5.69 Å². The molecule has 4 rings (SSSR count). The van der Waals surface area contributed by atoms with E-state index in [1.54, 1.807) is 21.9 Å². The lowest BCUT2D eigenvalue weighted by atomic mass is 10.0. The number of ether oxygens (including phenoxy) is 1. The molecule has 10 heteroatoms. The lowest BCUT2D eigenvalue weighted by Gasteiger charge is -2.26. The second-order valence-corrected chi connectivity index (χ2v) is 7.20. The molecule has 0 bridgehead atoms. The quantitative estimate of drug-likeness (QED) is 0.556. The molecule has 1 aromatic carbocycles. The van der Waals surface area contributed by atoms with E-state index in [1.807, 2.05) is 30.3 Å². The number of aryl methyl sites for hydroxylation is 1. The van der Waals surface area contributed by atoms with Gasteiger partial charge >= 0.3 is 0 Å². The van der Waals surface area contributed by atoms with Crippen LogP contribution in [0.25, 0.3) is 0 Å². The second kappa shape index (κ2) is 10.1. The molecule has 30 heavy (non-hydrogen) atoms. The topological polar surface area (TPSA) is 103 Å². The number of carbonyl (C=O) groups excluding carboxylic acids is 1. The molecule has 1 aliphatic heterocycles. The van der Waals surface area contributed by atoms with E-state index in [-0.39, 0.29) is 11.9 Å². The van der Waals surface area contributed by atoms with Gasteiger partial charge in [-0.05, 0) is 12.0 Å². The minimum atomic E-state index is -0.236. The minimum absolute atomic E-state index is 0.165. The first kappa shape index (κ1) is 20.2. The fraction of sp³-hybridized carbons (Fsp3) is 0.450. The van der Waals surface area contributed by atoms with Gasteiger partial charge < -0.3 is 10.1 Å². The third-order valence-corrected chi connectivity index (χ3v) is 5.14. The third-order valence-electron chi connectivity index (χ3n) is 5.14. The number of benzene rings is 1. The number of aromatic nitrogens is 6. The summed E-state index contributed by atoms with van der Waals surface area (Å²) in [5, 5.41) is 15.4. The number of carbonyl (C=O) groups is 1. The summed E-state index contributed by atoms with van der Waals surface area (Å²) in [6.45, 7) is 5.57. The average Bonchev–Trinajstić information content (AvgIpc) is 3.49. The highest BCUT2D eigenvalue weighted by atomic mass is 16.5. The summed E-state index contributed by atoms with van der Waals surface area (Å²) in [6.07, 6.45) is 5.56. The van der Waals surface area contributed by atoms with E-state index < -0.39 is 0 Å². The van der Waals surface area contributed by atoms with Crippen molar-refractivity contribution in [2.75, 3.05) is 32.8 Å². The summed E-state index contributed by atoms with van der Waals surface area (Å²) in [7, 11) is 0. The van der Waals surface area contributed by atoms with Gasteiger partial charge in [0, 0.05) is 26.2 Å². The van der Waals surface area contributed by atoms with Crippen LogP contribution in [0, 0.1) is 0 Å². The maximum atomic E-state index is 12.8. The van der Waals surface area contributed by atoms with Crippen LogP contribution in [0.3, 0.4) is 0 Å². The highest BCUT2D eigenvalue weighted by molar-refractivity contribution is 5.92. The zero-order valence-corrected chi connectivity index (χ0v) is 16.8. The Morgan fingerprint density at radius 1 is 1.10 bits per heavy atom. The molecule has 3 aromatic rings. The largest absolute Gasteiger partial charge is 0.379 e. The molecular weight excluding hydrogens is 384 g/mol. The molecule has 3 heterocycles. The van der Waals surface area contributed by atoms with E-state index in [0.29, 0.717) is 25.2 Å². The molecular formula is C20H26N8O2. The van der Waals surface area contributed by atoms with Gasteiger partial charge in [0.05, 0.1) is 32.0 Å². The minimum Gasteiger partial charge on any atom is -0.379 e. The van der Waals surface area contributed by atoms with E-state index in [4.69, 9.17) is 4.74 Å². The molecule has 10 nitrogen and oxygen atoms in total. The van der Waals surface area contributed by atoms with Crippen molar-refractivity contribution in [2.45, 2.75) is 25.6 Å². The molecule has 1 aliphatic rings. The number of nitrogens with zero attached hydrogens (tertiary/aromatic N) is 7. The Kier molecular flexibility index (Phi) is 6.78. The first-order chi connectivity index (χ1) is 14.8.